The Bertz CT molecular complexity index is 2240. The topological polar surface area (TPSA) is 117 Å². The van der Waals surface area contributed by atoms with Crippen molar-refractivity contribution in [1.29, 1.82) is 5.26 Å². The molecule has 4 amide bonds. The second-order valence-corrected chi connectivity index (χ2v) is 17.5. The van der Waals surface area contributed by atoms with Gasteiger partial charge in [-0.2, -0.15) is 5.26 Å². The predicted molar refractivity (Wildman–Crippen MR) is 218 cm³/mol. The van der Waals surface area contributed by atoms with Gasteiger partial charge in [0, 0.05) is 75.1 Å². The van der Waals surface area contributed by atoms with E-state index in [1.807, 2.05) is 30.3 Å². The highest BCUT2D eigenvalue weighted by atomic mass is 35.5. The molecule has 0 bridgehead atoms. The molecule has 1 unspecified atom stereocenters. The lowest BCUT2D eigenvalue weighted by Gasteiger charge is -2.40. The van der Waals surface area contributed by atoms with Gasteiger partial charge in [0.2, 0.25) is 11.8 Å². The van der Waals surface area contributed by atoms with Gasteiger partial charge in [0.25, 0.3) is 11.8 Å². The minimum Gasteiger partial charge on any atom is -0.371 e. The normalized spacial score (nSPS) is 24.5. The maximum absolute atomic E-state index is 13.4. The molecule has 5 aliphatic heterocycles. The third kappa shape index (κ3) is 7.42. The van der Waals surface area contributed by atoms with Gasteiger partial charge in [-0.1, -0.05) is 23.4 Å². The van der Waals surface area contributed by atoms with Crippen molar-refractivity contribution in [2.24, 2.45) is 17.3 Å². The molecule has 3 aromatic rings. The number of nitriles is 1. The summed E-state index contributed by atoms with van der Waals surface area (Å²) in [6.07, 6.45) is 9.11. The molecule has 5 heterocycles. The average molecular weight is 783 g/mol. The second-order valence-electron chi connectivity index (χ2n) is 17.1. The molecule has 57 heavy (non-hydrogen) atoms. The number of hydrogen-bond donors (Lipinski definition) is 1. The number of nitrogens with zero attached hydrogens (tertiary/aromatic N) is 5. The van der Waals surface area contributed by atoms with Gasteiger partial charge < -0.3 is 9.80 Å². The zero-order valence-corrected chi connectivity index (χ0v) is 33.0. The largest absolute Gasteiger partial charge is 0.371 e. The minimum atomic E-state index is -0.947. The van der Waals surface area contributed by atoms with Crippen molar-refractivity contribution >= 4 is 46.6 Å². The number of fused-ring (bicyclic) bond motifs is 2. The summed E-state index contributed by atoms with van der Waals surface area (Å²) in [5, 5.41) is 12.0. The lowest BCUT2D eigenvalue weighted by Crippen LogP contribution is -2.54. The molecule has 10 nitrogen and oxygen atoms in total. The summed E-state index contributed by atoms with van der Waals surface area (Å²) < 4.78 is 0. The number of rotatable bonds is 5. The molecule has 0 radical (unpaired) electrons. The Hall–Kier alpha value is -5.16. The summed E-state index contributed by atoms with van der Waals surface area (Å²) in [4.78, 5) is 59.3. The molecule has 4 fully saturated rings. The Morgan fingerprint density at radius 2 is 1.46 bits per heavy atom. The van der Waals surface area contributed by atoms with Crippen molar-refractivity contribution in [1.82, 2.24) is 15.1 Å². The van der Waals surface area contributed by atoms with Crippen molar-refractivity contribution < 1.29 is 19.2 Å². The number of piperidine rings is 2. The van der Waals surface area contributed by atoms with Crippen molar-refractivity contribution in [3.63, 3.8) is 0 Å². The molecule has 11 heteroatoms. The molecule has 6 aliphatic rings. The summed E-state index contributed by atoms with van der Waals surface area (Å²) >= 11 is 6.34. The molecule has 1 saturated carbocycles. The van der Waals surface area contributed by atoms with Gasteiger partial charge in [0.05, 0.1) is 21.7 Å². The van der Waals surface area contributed by atoms with E-state index in [0.29, 0.717) is 39.0 Å². The van der Waals surface area contributed by atoms with Crippen LogP contribution in [-0.4, -0.2) is 78.7 Å². The smallest absolute Gasteiger partial charge is 0.262 e. The maximum Gasteiger partial charge on any atom is 0.262 e. The number of benzene rings is 3. The summed E-state index contributed by atoms with van der Waals surface area (Å²) in [7, 11) is 0. The van der Waals surface area contributed by atoms with Crippen LogP contribution in [0.15, 0.2) is 54.6 Å². The molecule has 1 spiro atoms. The van der Waals surface area contributed by atoms with E-state index < -0.39 is 23.8 Å². The number of carbonyl (C=O) groups is 4. The number of carbonyl (C=O) groups excluding carboxylic acids is 4. The van der Waals surface area contributed by atoms with Crippen LogP contribution in [0.3, 0.4) is 0 Å². The summed E-state index contributed by atoms with van der Waals surface area (Å²) in [6, 6.07) is 19.5. The highest BCUT2D eigenvalue weighted by Gasteiger charge is 2.45. The zero-order chi connectivity index (χ0) is 39.3. The van der Waals surface area contributed by atoms with Crippen LogP contribution in [0.5, 0.6) is 0 Å². The van der Waals surface area contributed by atoms with Gasteiger partial charge in [-0.3, -0.25) is 34.3 Å². The van der Waals surface area contributed by atoms with Gasteiger partial charge >= 0.3 is 0 Å². The van der Waals surface area contributed by atoms with Crippen LogP contribution in [0, 0.1) is 40.4 Å². The number of imide groups is 2. The van der Waals surface area contributed by atoms with Crippen LogP contribution in [0.25, 0.3) is 0 Å². The fourth-order valence-corrected chi connectivity index (χ4v) is 10.3. The third-order valence-electron chi connectivity index (χ3n) is 13.6. The fourth-order valence-electron chi connectivity index (χ4n) is 10.1. The minimum absolute atomic E-state index is 0.111. The van der Waals surface area contributed by atoms with Crippen LogP contribution in [0.4, 0.5) is 11.4 Å². The van der Waals surface area contributed by atoms with E-state index in [1.54, 1.807) is 0 Å². The zero-order valence-electron chi connectivity index (χ0n) is 32.2. The van der Waals surface area contributed by atoms with Gasteiger partial charge in [0.15, 0.2) is 0 Å². The molecular formula is C46H47ClN6O4. The van der Waals surface area contributed by atoms with E-state index in [4.69, 9.17) is 11.6 Å². The summed E-state index contributed by atoms with van der Waals surface area (Å²) in [6.45, 7) is 6.82. The predicted octanol–water partition coefficient (Wildman–Crippen LogP) is 6.33. The molecule has 9 rings (SSSR count). The molecule has 3 aromatic carbocycles. The van der Waals surface area contributed by atoms with E-state index in [1.165, 1.54) is 24.9 Å². The Morgan fingerprint density at radius 3 is 2.14 bits per heavy atom. The van der Waals surface area contributed by atoms with Crippen molar-refractivity contribution in [3.8, 4) is 17.9 Å². The van der Waals surface area contributed by atoms with Crippen LogP contribution in [0.2, 0.25) is 5.02 Å². The third-order valence-corrected chi connectivity index (χ3v) is 13.9. The van der Waals surface area contributed by atoms with Gasteiger partial charge in [-0.05, 0) is 135 Å². The van der Waals surface area contributed by atoms with Crippen LogP contribution >= 0.6 is 11.6 Å². The van der Waals surface area contributed by atoms with E-state index in [2.05, 4.69) is 62.2 Å². The molecule has 1 aliphatic carbocycles. The van der Waals surface area contributed by atoms with Crippen molar-refractivity contribution in [2.75, 3.05) is 49.1 Å². The maximum atomic E-state index is 13.4. The average Bonchev–Trinajstić information content (AvgIpc) is 3.74. The van der Waals surface area contributed by atoms with Crippen molar-refractivity contribution in [2.45, 2.75) is 76.8 Å². The van der Waals surface area contributed by atoms with Gasteiger partial charge in [-0.25, -0.2) is 0 Å². The SMILES string of the molecule is N#Cc1ccc(N2CCC3(CCN(c4ccc(C#CC5CCC(CN6CCc7cc8c(cc7C6)C(=O)N(C6CCC(=O)NC6=O)C8=O)CC5)cc4)CC3)C2)cc1Cl. The Balaban J connectivity index is 0.734. The van der Waals surface area contributed by atoms with Crippen LogP contribution < -0.4 is 15.1 Å². The quantitative estimate of drug-likeness (QED) is 0.236. The number of nitrogens with one attached hydrogen (secondary N) is 1. The number of halogens is 1. The van der Waals surface area contributed by atoms with E-state index in [-0.39, 0.29) is 18.7 Å². The van der Waals surface area contributed by atoms with Crippen molar-refractivity contribution in [3.05, 3.63) is 93.0 Å². The van der Waals surface area contributed by atoms with E-state index >= 15 is 0 Å². The first-order chi connectivity index (χ1) is 27.6. The highest BCUT2D eigenvalue weighted by Crippen LogP contribution is 2.43. The molecule has 1 N–H and O–H groups in total. The Morgan fingerprint density at radius 1 is 0.772 bits per heavy atom. The fraction of sp³-hybridized carbons (Fsp3) is 0.457. The molecule has 3 saturated heterocycles. The summed E-state index contributed by atoms with van der Waals surface area (Å²) in [5.74, 6) is 6.23. The number of anilines is 2. The van der Waals surface area contributed by atoms with Crippen LogP contribution in [-0.2, 0) is 22.6 Å². The first kappa shape index (κ1) is 37.4. The number of hydrogen-bond acceptors (Lipinski definition) is 8. The van der Waals surface area contributed by atoms with Crippen LogP contribution in [0.1, 0.15) is 101 Å². The molecule has 1 atom stereocenters. The molecule has 0 aromatic heterocycles. The highest BCUT2D eigenvalue weighted by molar-refractivity contribution is 6.32. The van der Waals surface area contributed by atoms with Gasteiger partial charge in [0.1, 0.15) is 12.1 Å². The van der Waals surface area contributed by atoms with Gasteiger partial charge in [-0.15, -0.1) is 0 Å². The lowest BCUT2D eigenvalue weighted by atomic mass is 9.77. The first-order valence-electron chi connectivity index (χ1n) is 20.6. The lowest BCUT2D eigenvalue weighted by molar-refractivity contribution is -0.136. The monoisotopic (exact) mass is 782 g/mol. The standard InChI is InChI=1S/C46H47ClN6O4/c47-40-25-37(12-9-34(40)26-48)52-22-18-46(29-52)16-20-51(21-17-46)36-10-7-31(8-11-36)2-1-30-3-5-32(6-4-30)27-50-19-15-33-23-38-39(24-35(33)28-50)45(57)53(44(38)56)41-13-14-42(54)49-43(41)55/h7-12,23-25,30,32,41H,3-6,13-22,27-29H2,(H,49,54,55). The Labute approximate surface area is 339 Å². The molecular weight excluding hydrogens is 736 g/mol. The Kier molecular flexibility index (Phi) is 10.0. The molecule has 292 valence electrons. The second kappa shape index (κ2) is 15.3. The number of amides is 4. The van der Waals surface area contributed by atoms with E-state index in [9.17, 15) is 24.4 Å². The first-order valence-corrected chi connectivity index (χ1v) is 20.9. The van der Waals surface area contributed by atoms with E-state index in [0.717, 1.165) is 105 Å². The summed E-state index contributed by atoms with van der Waals surface area (Å²) in [5.41, 5.74) is 7.21.